The van der Waals surface area contributed by atoms with E-state index in [9.17, 15) is 8.42 Å². The highest BCUT2D eigenvalue weighted by atomic mass is 32.2. The van der Waals surface area contributed by atoms with Crippen molar-refractivity contribution in [2.45, 2.75) is 44.9 Å². The maximum Gasteiger partial charge on any atom is 0.242 e. The van der Waals surface area contributed by atoms with Gasteiger partial charge in [0, 0.05) is 6.54 Å². The number of nitrogens with two attached hydrogens (primary N) is 1. The fourth-order valence-electron chi connectivity index (χ4n) is 1.70. The van der Waals surface area contributed by atoms with Gasteiger partial charge in [-0.2, -0.15) is 0 Å². The van der Waals surface area contributed by atoms with Gasteiger partial charge in [0.05, 0.1) is 5.69 Å². The highest BCUT2D eigenvalue weighted by Gasteiger charge is 2.17. The third-order valence-electron chi connectivity index (χ3n) is 2.99. The van der Waals surface area contributed by atoms with Crippen LogP contribution in [0.1, 0.15) is 37.3 Å². The van der Waals surface area contributed by atoms with E-state index in [0.29, 0.717) is 12.2 Å². The zero-order valence-electron chi connectivity index (χ0n) is 11.3. The Labute approximate surface area is 110 Å². The topological polar surface area (TPSA) is 72.2 Å². The lowest BCUT2D eigenvalue weighted by Crippen LogP contribution is -2.25. The molecule has 0 aliphatic rings. The SMILES string of the molecule is CCCCCNS(=O)(=O)c1cc(C)c(C)cc1N. The van der Waals surface area contributed by atoms with Crippen LogP contribution in [0.4, 0.5) is 5.69 Å². The number of benzene rings is 1. The van der Waals surface area contributed by atoms with Crippen LogP contribution >= 0.6 is 0 Å². The van der Waals surface area contributed by atoms with E-state index >= 15 is 0 Å². The van der Waals surface area contributed by atoms with Gasteiger partial charge in [0.2, 0.25) is 10.0 Å². The van der Waals surface area contributed by atoms with Crippen molar-refractivity contribution in [3.05, 3.63) is 23.3 Å². The minimum atomic E-state index is -3.49. The summed E-state index contributed by atoms with van der Waals surface area (Å²) in [6.07, 6.45) is 2.93. The van der Waals surface area contributed by atoms with Gasteiger partial charge in [-0.15, -0.1) is 0 Å². The summed E-state index contributed by atoms with van der Waals surface area (Å²) >= 11 is 0. The van der Waals surface area contributed by atoms with Crippen LogP contribution < -0.4 is 10.5 Å². The van der Waals surface area contributed by atoms with Gasteiger partial charge in [-0.3, -0.25) is 0 Å². The molecule has 5 heteroatoms. The monoisotopic (exact) mass is 270 g/mol. The van der Waals surface area contributed by atoms with Crippen molar-refractivity contribution < 1.29 is 8.42 Å². The van der Waals surface area contributed by atoms with Crippen LogP contribution in [0.5, 0.6) is 0 Å². The van der Waals surface area contributed by atoms with Crippen LogP contribution in [0.3, 0.4) is 0 Å². The van der Waals surface area contributed by atoms with Gasteiger partial charge in [-0.05, 0) is 43.5 Å². The lowest BCUT2D eigenvalue weighted by Gasteiger charge is -2.11. The number of anilines is 1. The van der Waals surface area contributed by atoms with Crippen LogP contribution in [0, 0.1) is 13.8 Å². The van der Waals surface area contributed by atoms with E-state index in [1.807, 2.05) is 13.8 Å². The second kappa shape index (κ2) is 6.20. The highest BCUT2D eigenvalue weighted by Crippen LogP contribution is 2.22. The highest BCUT2D eigenvalue weighted by molar-refractivity contribution is 7.89. The average Bonchev–Trinajstić information content (AvgIpc) is 2.29. The molecule has 0 atom stereocenters. The molecule has 0 heterocycles. The third-order valence-corrected chi connectivity index (χ3v) is 4.50. The first kappa shape index (κ1) is 15.0. The number of nitrogen functional groups attached to an aromatic ring is 1. The summed E-state index contributed by atoms with van der Waals surface area (Å²) in [6, 6.07) is 3.34. The molecule has 1 aromatic carbocycles. The molecule has 0 unspecified atom stereocenters. The van der Waals surface area contributed by atoms with Gasteiger partial charge < -0.3 is 5.73 Å². The summed E-state index contributed by atoms with van der Waals surface area (Å²) in [4.78, 5) is 0.182. The number of rotatable bonds is 6. The Morgan fingerprint density at radius 3 is 2.39 bits per heavy atom. The van der Waals surface area contributed by atoms with Crippen molar-refractivity contribution in [3.63, 3.8) is 0 Å². The van der Waals surface area contributed by atoms with E-state index in [0.717, 1.165) is 30.4 Å². The maximum absolute atomic E-state index is 12.1. The molecule has 0 spiro atoms. The lowest BCUT2D eigenvalue weighted by molar-refractivity contribution is 0.576. The van der Waals surface area contributed by atoms with Crippen LogP contribution in [-0.2, 0) is 10.0 Å². The Balaban J connectivity index is 2.88. The van der Waals surface area contributed by atoms with Gasteiger partial charge >= 0.3 is 0 Å². The van der Waals surface area contributed by atoms with Crippen LogP contribution in [0.2, 0.25) is 0 Å². The summed E-state index contributed by atoms with van der Waals surface area (Å²) < 4.78 is 26.8. The summed E-state index contributed by atoms with van der Waals surface area (Å²) in [5.74, 6) is 0. The zero-order valence-corrected chi connectivity index (χ0v) is 12.1. The van der Waals surface area contributed by atoms with E-state index < -0.39 is 10.0 Å². The molecule has 1 rings (SSSR count). The molecule has 0 fully saturated rings. The van der Waals surface area contributed by atoms with Crippen LogP contribution in [0.25, 0.3) is 0 Å². The summed E-state index contributed by atoms with van der Waals surface area (Å²) in [5, 5.41) is 0. The summed E-state index contributed by atoms with van der Waals surface area (Å²) in [5.41, 5.74) is 8.02. The van der Waals surface area contributed by atoms with Crippen molar-refractivity contribution in [2.75, 3.05) is 12.3 Å². The van der Waals surface area contributed by atoms with Crippen molar-refractivity contribution in [1.82, 2.24) is 4.72 Å². The fourth-order valence-corrected chi connectivity index (χ4v) is 2.97. The Bertz CT molecular complexity index is 510. The molecule has 0 aromatic heterocycles. The molecule has 0 radical (unpaired) electrons. The molecule has 0 saturated heterocycles. The smallest absolute Gasteiger partial charge is 0.242 e. The molecule has 3 N–H and O–H groups in total. The predicted octanol–water partition coefficient (Wildman–Crippen LogP) is 2.35. The Hall–Kier alpha value is -1.07. The van der Waals surface area contributed by atoms with Crippen molar-refractivity contribution in [2.24, 2.45) is 0 Å². The van der Waals surface area contributed by atoms with E-state index in [1.54, 1.807) is 12.1 Å². The Morgan fingerprint density at radius 2 is 1.78 bits per heavy atom. The number of aryl methyl sites for hydroxylation is 2. The number of unbranched alkanes of at least 4 members (excludes halogenated alkanes) is 2. The molecule has 0 saturated carbocycles. The first-order valence-corrected chi connectivity index (χ1v) is 7.73. The number of sulfonamides is 1. The minimum Gasteiger partial charge on any atom is -0.398 e. The summed E-state index contributed by atoms with van der Waals surface area (Å²) in [7, 11) is -3.49. The van der Waals surface area contributed by atoms with Gasteiger partial charge in [0.1, 0.15) is 4.90 Å². The van der Waals surface area contributed by atoms with E-state index in [-0.39, 0.29) is 4.90 Å². The van der Waals surface area contributed by atoms with Crippen molar-refractivity contribution in [3.8, 4) is 0 Å². The minimum absolute atomic E-state index is 0.182. The standard InChI is InChI=1S/C13H22N2O2S/c1-4-5-6-7-15-18(16,17)13-9-11(3)10(2)8-12(13)14/h8-9,15H,4-7,14H2,1-3H3. The largest absolute Gasteiger partial charge is 0.398 e. The summed E-state index contributed by atoms with van der Waals surface area (Å²) in [6.45, 7) is 6.33. The quantitative estimate of drug-likeness (QED) is 0.615. The molecule has 0 bridgehead atoms. The molecule has 4 nitrogen and oxygen atoms in total. The molecule has 0 aliphatic heterocycles. The third kappa shape index (κ3) is 3.71. The Morgan fingerprint density at radius 1 is 1.17 bits per heavy atom. The van der Waals surface area contributed by atoms with E-state index in [2.05, 4.69) is 11.6 Å². The molecule has 0 aliphatic carbocycles. The van der Waals surface area contributed by atoms with E-state index in [1.165, 1.54) is 0 Å². The van der Waals surface area contributed by atoms with Crippen LogP contribution in [0.15, 0.2) is 17.0 Å². The predicted molar refractivity (Wildman–Crippen MR) is 75.0 cm³/mol. The second-order valence-electron chi connectivity index (χ2n) is 4.58. The molecule has 18 heavy (non-hydrogen) atoms. The number of hydrogen-bond acceptors (Lipinski definition) is 3. The second-order valence-corrected chi connectivity index (χ2v) is 6.31. The Kier molecular flexibility index (Phi) is 5.16. The van der Waals surface area contributed by atoms with Gasteiger partial charge in [-0.1, -0.05) is 19.8 Å². The first-order chi connectivity index (χ1) is 8.38. The zero-order chi connectivity index (χ0) is 13.8. The van der Waals surface area contributed by atoms with Crippen molar-refractivity contribution >= 4 is 15.7 Å². The molecule has 1 aromatic rings. The first-order valence-electron chi connectivity index (χ1n) is 6.25. The van der Waals surface area contributed by atoms with Crippen LogP contribution in [-0.4, -0.2) is 15.0 Å². The maximum atomic E-state index is 12.1. The van der Waals surface area contributed by atoms with Gasteiger partial charge in [0.15, 0.2) is 0 Å². The van der Waals surface area contributed by atoms with Gasteiger partial charge in [0.25, 0.3) is 0 Å². The number of hydrogen-bond donors (Lipinski definition) is 2. The molecular weight excluding hydrogens is 248 g/mol. The van der Waals surface area contributed by atoms with Crippen molar-refractivity contribution in [1.29, 1.82) is 0 Å². The van der Waals surface area contributed by atoms with E-state index in [4.69, 9.17) is 5.73 Å². The fraction of sp³-hybridized carbons (Fsp3) is 0.538. The molecular formula is C13H22N2O2S. The molecule has 0 amide bonds. The normalized spacial score (nSPS) is 11.7. The lowest BCUT2D eigenvalue weighted by atomic mass is 10.1. The molecule has 102 valence electrons. The average molecular weight is 270 g/mol. The van der Waals surface area contributed by atoms with Gasteiger partial charge in [-0.25, -0.2) is 13.1 Å². The number of nitrogens with one attached hydrogen (secondary N) is 1.